The lowest BCUT2D eigenvalue weighted by molar-refractivity contribution is -0.116. The van der Waals surface area contributed by atoms with E-state index in [-0.39, 0.29) is 11.8 Å². The van der Waals surface area contributed by atoms with E-state index in [2.05, 4.69) is 10.6 Å². The SMILES string of the molecule is COc1cc(OC)cc(C(=O)Nc2ccc(NC(=O)CC(C)C)cc2)c1. The second-order valence-corrected chi connectivity index (χ2v) is 6.28. The van der Waals surface area contributed by atoms with Crippen LogP contribution in [0.15, 0.2) is 42.5 Å². The molecule has 0 atom stereocenters. The summed E-state index contributed by atoms with van der Waals surface area (Å²) in [5.41, 5.74) is 1.74. The van der Waals surface area contributed by atoms with Crippen LogP contribution in [-0.4, -0.2) is 26.0 Å². The van der Waals surface area contributed by atoms with Crippen molar-refractivity contribution in [1.82, 2.24) is 0 Å². The number of ether oxygens (including phenoxy) is 2. The minimum Gasteiger partial charge on any atom is -0.497 e. The largest absolute Gasteiger partial charge is 0.497 e. The minimum absolute atomic E-state index is 0.0275. The fourth-order valence-corrected chi connectivity index (χ4v) is 2.36. The van der Waals surface area contributed by atoms with Crippen LogP contribution in [0.2, 0.25) is 0 Å². The van der Waals surface area contributed by atoms with Crippen molar-refractivity contribution >= 4 is 23.2 Å². The van der Waals surface area contributed by atoms with Crippen LogP contribution in [0, 0.1) is 5.92 Å². The van der Waals surface area contributed by atoms with Crippen molar-refractivity contribution in [2.45, 2.75) is 20.3 Å². The normalized spacial score (nSPS) is 10.3. The molecule has 0 aliphatic rings. The molecule has 2 aromatic carbocycles. The van der Waals surface area contributed by atoms with Gasteiger partial charge in [0.25, 0.3) is 5.91 Å². The second kappa shape index (κ2) is 8.89. The molecule has 138 valence electrons. The van der Waals surface area contributed by atoms with Crippen molar-refractivity contribution in [2.24, 2.45) is 5.92 Å². The highest BCUT2D eigenvalue weighted by Gasteiger charge is 2.11. The van der Waals surface area contributed by atoms with Crippen LogP contribution in [0.1, 0.15) is 30.6 Å². The maximum atomic E-state index is 12.4. The van der Waals surface area contributed by atoms with Gasteiger partial charge in [-0.15, -0.1) is 0 Å². The van der Waals surface area contributed by atoms with Gasteiger partial charge in [0.2, 0.25) is 5.91 Å². The lowest BCUT2D eigenvalue weighted by Crippen LogP contribution is -2.14. The van der Waals surface area contributed by atoms with Crippen LogP contribution in [0.25, 0.3) is 0 Å². The molecule has 0 aliphatic heterocycles. The summed E-state index contributed by atoms with van der Waals surface area (Å²) in [7, 11) is 3.06. The molecular formula is C20H24N2O4. The fraction of sp³-hybridized carbons (Fsp3) is 0.300. The Morgan fingerprint density at radius 2 is 1.38 bits per heavy atom. The van der Waals surface area contributed by atoms with Crippen LogP contribution in [0.3, 0.4) is 0 Å². The van der Waals surface area contributed by atoms with Gasteiger partial charge in [-0.1, -0.05) is 13.8 Å². The summed E-state index contributed by atoms with van der Waals surface area (Å²) in [6.45, 7) is 3.98. The van der Waals surface area contributed by atoms with Crippen molar-refractivity contribution in [3.63, 3.8) is 0 Å². The maximum absolute atomic E-state index is 12.4. The predicted molar refractivity (Wildman–Crippen MR) is 102 cm³/mol. The Hall–Kier alpha value is -3.02. The van der Waals surface area contributed by atoms with Crippen LogP contribution in [-0.2, 0) is 4.79 Å². The van der Waals surface area contributed by atoms with Crippen molar-refractivity contribution in [3.8, 4) is 11.5 Å². The average Bonchev–Trinajstić information content (AvgIpc) is 2.62. The quantitative estimate of drug-likeness (QED) is 0.788. The van der Waals surface area contributed by atoms with Gasteiger partial charge in [-0.2, -0.15) is 0 Å². The summed E-state index contributed by atoms with van der Waals surface area (Å²) < 4.78 is 10.4. The number of amides is 2. The molecule has 0 aliphatic carbocycles. The molecule has 0 heterocycles. The van der Waals surface area contributed by atoms with Gasteiger partial charge in [-0.05, 0) is 42.3 Å². The lowest BCUT2D eigenvalue weighted by Gasteiger charge is -2.10. The van der Waals surface area contributed by atoms with Gasteiger partial charge in [0.05, 0.1) is 14.2 Å². The number of anilines is 2. The Bertz CT molecular complexity index is 748. The van der Waals surface area contributed by atoms with Crippen LogP contribution < -0.4 is 20.1 Å². The third-order valence-electron chi connectivity index (χ3n) is 3.63. The number of nitrogens with one attached hydrogen (secondary N) is 2. The lowest BCUT2D eigenvalue weighted by atomic mass is 10.1. The van der Waals surface area contributed by atoms with Gasteiger partial charge < -0.3 is 20.1 Å². The van der Waals surface area contributed by atoms with E-state index in [0.29, 0.717) is 40.8 Å². The second-order valence-electron chi connectivity index (χ2n) is 6.28. The molecule has 0 saturated heterocycles. The number of hydrogen-bond acceptors (Lipinski definition) is 4. The highest BCUT2D eigenvalue weighted by molar-refractivity contribution is 6.05. The van der Waals surface area contributed by atoms with Gasteiger partial charge in [0.15, 0.2) is 0 Å². The Kier molecular flexibility index (Phi) is 6.60. The topological polar surface area (TPSA) is 76.7 Å². The van der Waals surface area contributed by atoms with E-state index < -0.39 is 0 Å². The van der Waals surface area contributed by atoms with Crippen LogP contribution >= 0.6 is 0 Å². The van der Waals surface area contributed by atoms with E-state index in [4.69, 9.17) is 9.47 Å². The van der Waals surface area contributed by atoms with E-state index in [1.807, 2.05) is 13.8 Å². The third-order valence-corrected chi connectivity index (χ3v) is 3.63. The van der Waals surface area contributed by atoms with Gasteiger partial charge in [0, 0.05) is 29.4 Å². The zero-order chi connectivity index (χ0) is 19.1. The van der Waals surface area contributed by atoms with Crippen molar-refractivity contribution < 1.29 is 19.1 Å². The van der Waals surface area contributed by atoms with Crippen LogP contribution in [0.4, 0.5) is 11.4 Å². The molecule has 6 heteroatoms. The molecule has 2 aromatic rings. The highest BCUT2D eigenvalue weighted by Crippen LogP contribution is 2.23. The average molecular weight is 356 g/mol. The first-order chi connectivity index (χ1) is 12.4. The van der Waals surface area contributed by atoms with Gasteiger partial charge in [0.1, 0.15) is 11.5 Å². The Labute approximate surface area is 153 Å². The summed E-state index contributed by atoms with van der Waals surface area (Å²) in [6.07, 6.45) is 0.468. The minimum atomic E-state index is -0.279. The Balaban J connectivity index is 2.04. The predicted octanol–water partition coefficient (Wildman–Crippen LogP) is 3.94. The molecule has 0 saturated carbocycles. The number of carbonyl (C=O) groups excluding carboxylic acids is 2. The van der Waals surface area contributed by atoms with E-state index in [0.717, 1.165) is 0 Å². The fourth-order valence-electron chi connectivity index (χ4n) is 2.36. The maximum Gasteiger partial charge on any atom is 0.255 e. The third kappa shape index (κ3) is 5.51. The molecule has 0 spiro atoms. The van der Waals surface area contributed by atoms with Crippen molar-refractivity contribution in [2.75, 3.05) is 24.9 Å². The Morgan fingerprint density at radius 3 is 1.85 bits per heavy atom. The molecule has 0 aromatic heterocycles. The van der Waals surface area contributed by atoms with Crippen LogP contribution in [0.5, 0.6) is 11.5 Å². The first-order valence-electron chi connectivity index (χ1n) is 8.35. The summed E-state index contributed by atoms with van der Waals surface area (Å²) >= 11 is 0. The summed E-state index contributed by atoms with van der Waals surface area (Å²) in [6, 6.07) is 11.9. The smallest absolute Gasteiger partial charge is 0.255 e. The van der Waals surface area contributed by atoms with E-state index in [9.17, 15) is 9.59 Å². The zero-order valence-corrected chi connectivity index (χ0v) is 15.5. The van der Waals surface area contributed by atoms with E-state index >= 15 is 0 Å². The van der Waals surface area contributed by atoms with Gasteiger partial charge in [-0.3, -0.25) is 9.59 Å². The highest BCUT2D eigenvalue weighted by atomic mass is 16.5. The van der Waals surface area contributed by atoms with Crippen molar-refractivity contribution in [3.05, 3.63) is 48.0 Å². The van der Waals surface area contributed by atoms with E-state index in [1.165, 1.54) is 14.2 Å². The first-order valence-corrected chi connectivity index (χ1v) is 8.35. The summed E-state index contributed by atoms with van der Waals surface area (Å²) in [5, 5.41) is 5.64. The Morgan fingerprint density at radius 1 is 0.885 bits per heavy atom. The van der Waals surface area contributed by atoms with Gasteiger partial charge >= 0.3 is 0 Å². The number of carbonyl (C=O) groups is 2. The molecule has 0 bridgehead atoms. The van der Waals surface area contributed by atoms with Crippen molar-refractivity contribution in [1.29, 1.82) is 0 Å². The first kappa shape index (κ1) is 19.3. The zero-order valence-electron chi connectivity index (χ0n) is 15.5. The molecule has 0 radical (unpaired) electrons. The molecule has 2 N–H and O–H groups in total. The molecule has 0 fully saturated rings. The summed E-state index contributed by atoms with van der Waals surface area (Å²) in [4.78, 5) is 24.2. The molecule has 6 nitrogen and oxygen atoms in total. The summed E-state index contributed by atoms with van der Waals surface area (Å²) in [5.74, 6) is 1.07. The molecule has 2 rings (SSSR count). The molecule has 2 amide bonds. The molecule has 0 unspecified atom stereocenters. The van der Waals surface area contributed by atoms with E-state index in [1.54, 1.807) is 42.5 Å². The number of benzene rings is 2. The monoisotopic (exact) mass is 356 g/mol. The number of methoxy groups -OCH3 is 2. The number of hydrogen-bond donors (Lipinski definition) is 2. The molecular weight excluding hydrogens is 332 g/mol. The number of rotatable bonds is 7. The molecule has 26 heavy (non-hydrogen) atoms. The van der Waals surface area contributed by atoms with Gasteiger partial charge in [-0.25, -0.2) is 0 Å². The standard InChI is InChI=1S/C20H24N2O4/c1-13(2)9-19(23)21-15-5-7-16(8-6-15)22-20(24)14-10-17(25-3)12-18(11-14)26-4/h5-8,10-13H,9H2,1-4H3,(H,21,23)(H,22,24).